The van der Waals surface area contributed by atoms with Gasteiger partial charge in [0, 0.05) is 18.7 Å². The maximum absolute atomic E-state index is 13.9. The van der Waals surface area contributed by atoms with Gasteiger partial charge < -0.3 is 5.32 Å². The van der Waals surface area contributed by atoms with Gasteiger partial charge in [0.2, 0.25) is 0 Å². The van der Waals surface area contributed by atoms with Crippen LogP contribution in [0.5, 0.6) is 0 Å². The summed E-state index contributed by atoms with van der Waals surface area (Å²) in [5, 5.41) is 12.6. The predicted molar refractivity (Wildman–Crippen MR) is 120 cm³/mol. The second-order valence-electron chi connectivity index (χ2n) is 7.97. The zero-order valence-electron chi connectivity index (χ0n) is 18.3. The van der Waals surface area contributed by atoms with E-state index >= 15 is 0 Å². The number of benzene rings is 2. The minimum atomic E-state index is -4.70. The molecule has 3 aromatic heterocycles. The highest BCUT2D eigenvalue weighted by atomic mass is 19.4. The van der Waals surface area contributed by atoms with Gasteiger partial charge in [0.15, 0.2) is 17.0 Å². The lowest BCUT2D eigenvalue weighted by Crippen LogP contribution is -2.24. The molecule has 0 bridgehead atoms. The lowest BCUT2D eigenvalue weighted by molar-refractivity contribution is -0.142. The summed E-state index contributed by atoms with van der Waals surface area (Å²) in [6.45, 7) is 1.98. The summed E-state index contributed by atoms with van der Waals surface area (Å²) < 4.78 is 44.0. The largest absolute Gasteiger partial charge is 0.433 e. The van der Waals surface area contributed by atoms with Gasteiger partial charge in [-0.2, -0.15) is 23.4 Å². The van der Waals surface area contributed by atoms with E-state index < -0.39 is 17.8 Å². The van der Waals surface area contributed by atoms with Gasteiger partial charge in [0.05, 0.1) is 23.6 Å². The number of carbonyl (C=O) groups is 1. The number of halogens is 3. The second-order valence-corrected chi connectivity index (χ2v) is 7.97. The van der Waals surface area contributed by atoms with Crippen LogP contribution in [0.4, 0.5) is 13.2 Å². The number of rotatable bonds is 4. The number of hydrogen-bond acceptors (Lipinski definition) is 4. The molecule has 34 heavy (non-hydrogen) atoms. The van der Waals surface area contributed by atoms with E-state index in [1.165, 1.54) is 6.07 Å². The van der Waals surface area contributed by atoms with E-state index in [9.17, 15) is 18.0 Å². The van der Waals surface area contributed by atoms with Crippen LogP contribution in [0.1, 0.15) is 27.6 Å². The van der Waals surface area contributed by atoms with E-state index in [1.54, 1.807) is 23.9 Å². The van der Waals surface area contributed by atoms with E-state index in [1.807, 2.05) is 43.3 Å². The van der Waals surface area contributed by atoms with E-state index in [0.29, 0.717) is 10.1 Å². The Balaban J connectivity index is 1.53. The molecule has 0 radical (unpaired) electrons. The smallest absolute Gasteiger partial charge is 0.345 e. The van der Waals surface area contributed by atoms with Gasteiger partial charge in [0.1, 0.15) is 0 Å². The van der Waals surface area contributed by atoms with Gasteiger partial charge in [-0.1, -0.05) is 36.4 Å². The molecule has 172 valence electrons. The van der Waals surface area contributed by atoms with Gasteiger partial charge in [-0.15, -0.1) is 0 Å². The molecule has 0 fully saturated rings. The average Bonchev–Trinajstić information content (AvgIpc) is 3.37. The van der Waals surface area contributed by atoms with Crippen molar-refractivity contribution in [2.75, 3.05) is 0 Å². The van der Waals surface area contributed by atoms with Crippen LogP contribution in [0.2, 0.25) is 0 Å². The zero-order chi connectivity index (χ0) is 24.0. The minimum Gasteiger partial charge on any atom is -0.345 e. The van der Waals surface area contributed by atoms with E-state index in [2.05, 4.69) is 20.5 Å². The second kappa shape index (κ2) is 7.98. The molecule has 0 saturated carbocycles. The van der Waals surface area contributed by atoms with Crippen molar-refractivity contribution >= 4 is 22.3 Å². The molecular formula is C24H19F3N6O. The molecule has 0 unspecified atom stereocenters. The number of nitrogens with one attached hydrogen (secondary N) is 1. The highest BCUT2D eigenvalue weighted by Crippen LogP contribution is 2.33. The van der Waals surface area contributed by atoms with Crippen LogP contribution in [0, 0.1) is 6.92 Å². The highest BCUT2D eigenvalue weighted by molar-refractivity contribution is 5.93. The molecule has 0 atom stereocenters. The summed E-state index contributed by atoms with van der Waals surface area (Å²) in [5.74, 6) is -0.607. The zero-order valence-corrected chi connectivity index (χ0v) is 18.3. The molecule has 0 aliphatic heterocycles. The number of alkyl halides is 3. The van der Waals surface area contributed by atoms with Crippen molar-refractivity contribution in [3.63, 3.8) is 0 Å². The molecule has 0 aliphatic rings. The Morgan fingerprint density at radius 2 is 1.76 bits per heavy atom. The van der Waals surface area contributed by atoms with Crippen molar-refractivity contribution in [1.82, 2.24) is 29.7 Å². The van der Waals surface area contributed by atoms with E-state index in [4.69, 9.17) is 0 Å². The Kier molecular flexibility index (Phi) is 5.07. The van der Waals surface area contributed by atoms with E-state index in [-0.39, 0.29) is 23.6 Å². The first-order valence-electron chi connectivity index (χ1n) is 10.4. The molecule has 1 N–H and O–H groups in total. The Morgan fingerprint density at radius 1 is 1.00 bits per heavy atom. The van der Waals surface area contributed by atoms with Crippen LogP contribution in [0.25, 0.3) is 27.7 Å². The van der Waals surface area contributed by atoms with Gasteiger partial charge in [-0.05, 0) is 35.9 Å². The summed E-state index contributed by atoms with van der Waals surface area (Å²) in [5.41, 5.74) is 0.976. The van der Waals surface area contributed by atoms with Gasteiger partial charge in [0.25, 0.3) is 5.91 Å². The quantitative estimate of drug-likeness (QED) is 0.424. The molecule has 0 spiro atoms. The van der Waals surface area contributed by atoms with Crippen LogP contribution in [-0.2, 0) is 19.8 Å². The van der Waals surface area contributed by atoms with E-state index in [0.717, 1.165) is 28.2 Å². The van der Waals surface area contributed by atoms with Crippen LogP contribution >= 0.6 is 0 Å². The van der Waals surface area contributed by atoms with Crippen LogP contribution in [-0.4, -0.2) is 30.3 Å². The fraction of sp³-hybridized carbons (Fsp3) is 0.167. The number of fused-ring (bicyclic) bond motifs is 2. The third-order valence-electron chi connectivity index (χ3n) is 5.52. The van der Waals surface area contributed by atoms with Crippen LogP contribution in [0.3, 0.4) is 0 Å². The van der Waals surface area contributed by atoms with Crippen LogP contribution < -0.4 is 5.32 Å². The molecule has 2 aromatic carbocycles. The van der Waals surface area contributed by atoms with Crippen molar-refractivity contribution < 1.29 is 18.0 Å². The minimum absolute atomic E-state index is 0.0699. The molecule has 1 amide bonds. The Bertz CT molecular complexity index is 1550. The third-order valence-corrected chi connectivity index (χ3v) is 5.52. The SMILES string of the molecule is Cc1cc(CNC(=O)c2cc3nc(-c4ccc5ccccc5c4)cc(C(F)(F)F)n3n2)n(C)n1. The number of amides is 1. The first-order chi connectivity index (χ1) is 16.2. The number of aromatic nitrogens is 5. The molecule has 3 heterocycles. The lowest BCUT2D eigenvalue weighted by atomic mass is 10.0. The standard InChI is InChI=1S/C24H19F3N6O/c1-14-9-18(32(2)30-14)13-28-23(34)20-12-22-29-19(11-21(24(25,26)27)33(22)31-20)17-8-7-15-5-3-4-6-16(15)10-17/h3-12H,13H2,1-2H3,(H,28,34). The summed E-state index contributed by atoms with van der Waals surface area (Å²) >= 11 is 0. The summed E-state index contributed by atoms with van der Waals surface area (Å²) in [7, 11) is 1.74. The highest BCUT2D eigenvalue weighted by Gasteiger charge is 2.35. The fourth-order valence-corrected chi connectivity index (χ4v) is 3.87. The summed E-state index contributed by atoms with van der Waals surface area (Å²) in [6, 6.07) is 16.9. The molecule has 10 heteroatoms. The van der Waals surface area contributed by atoms with Crippen molar-refractivity contribution in [1.29, 1.82) is 0 Å². The normalized spacial score (nSPS) is 11.9. The number of hydrogen-bond donors (Lipinski definition) is 1. The number of aryl methyl sites for hydroxylation is 2. The maximum atomic E-state index is 13.9. The van der Waals surface area contributed by atoms with Crippen molar-refractivity contribution in [3.05, 3.63) is 83.4 Å². The Morgan fingerprint density at radius 3 is 2.47 bits per heavy atom. The first kappa shape index (κ1) is 21.6. The van der Waals surface area contributed by atoms with Gasteiger partial charge >= 0.3 is 6.18 Å². The number of carbonyl (C=O) groups excluding carboxylic acids is 1. The molecule has 7 nitrogen and oxygen atoms in total. The fourth-order valence-electron chi connectivity index (χ4n) is 3.87. The average molecular weight is 464 g/mol. The van der Waals surface area contributed by atoms with Gasteiger partial charge in [-0.3, -0.25) is 9.48 Å². The lowest BCUT2D eigenvalue weighted by Gasteiger charge is -2.11. The van der Waals surface area contributed by atoms with Gasteiger partial charge in [-0.25, -0.2) is 9.50 Å². The predicted octanol–water partition coefficient (Wildman–Crippen LogP) is 4.54. The summed E-state index contributed by atoms with van der Waals surface area (Å²) in [6.07, 6.45) is -4.70. The topological polar surface area (TPSA) is 77.1 Å². The Hall–Kier alpha value is -4.21. The molecule has 0 saturated heterocycles. The molecule has 0 aliphatic carbocycles. The number of nitrogens with zero attached hydrogens (tertiary/aromatic N) is 5. The van der Waals surface area contributed by atoms with Crippen molar-refractivity contribution in [2.24, 2.45) is 7.05 Å². The monoisotopic (exact) mass is 464 g/mol. The first-order valence-corrected chi connectivity index (χ1v) is 10.4. The van der Waals surface area contributed by atoms with Crippen molar-refractivity contribution in [2.45, 2.75) is 19.6 Å². The van der Waals surface area contributed by atoms with Crippen molar-refractivity contribution in [3.8, 4) is 11.3 Å². The maximum Gasteiger partial charge on any atom is 0.433 e. The van der Waals surface area contributed by atoms with Crippen LogP contribution in [0.15, 0.2) is 60.7 Å². The molecule has 5 aromatic rings. The summed E-state index contributed by atoms with van der Waals surface area (Å²) in [4.78, 5) is 17.0. The molecular weight excluding hydrogens is 445 g/mol. The third kappa shape index (κ3) is 3.98. The Labute approximate surface area is 191 Å². The molecule has 5 rings (SSSR count).